The topological polar surface area (TPSA) is 70.6 Å². The van der Waals surface area contributed by atoms with Gasteiger partial charge in [-0.15, -0.1) is 0 Å². The molecule has 5 nitrogen and oxygen atoms in total. The first-order valence-corrected chi connectivity index (χ1v) is 7.87. The second kappa shape index (κ2) is 8.53. The SMILES string of the molecule is CCC(CNC(=O)N[C@@H]1C=C[C@H](CO)C1)Oc1ccccc1F. The molecule has 23 heavy (non-hydrogen) atoms. The van der Waals surface area contributed by atoms with Crippen LogP contribution in [0, 0.1) is 11.7 Å². The lowest BCUT2D eigenvalue weighted by Gasteiger charge is -2.19. The Bertz CT molecular complexity index is 550. The molecule has 3 N–H and O–H groups in total. The number of para-hydroxylation sites is 1. The summed E-state index contributed by atoms with van der Waals surface area (Å²) < 4.78 is 19.2. The molecule has 1 aromatic carbocycles. The minimum Gasteiger partial charge on any atom is -0.486 e. The Morgan fingerprint density at radius 2 is 2.22 bits per heavy atom. The summed E-state index contributed by atoms with van der Waals surface area (Å²) in [7, 11) is 0. The lowest BCUT2D eigenvalue weighted by molar-refractivity contribution is 0.182. The Hall–Kier alpha value is -2.08. The lowest BCUT2D eigenvalue weighted by atomic mass is 10.1. The summed E-state index contributed by atoms with van der Waals surface area (Å²) in [5.74, 6) is -0.124. The molecule has 3 atom stereocenters. The van der Waals surface area contributed by atoms with E-state index in [0.29, 0.717) is 12.8 Å². The number of amides is 2. The van der Waals surface area contributed by atoms with Crippen LogP contribution in [0.25, 0.3) is 0 Å². The molecule has 0 saturated heterocycles. The molecule has 0 bridgehead atoms. The van der Waals surface area contributed by atoms with Gasteiger partial charge < -0.3 is 20.5 Å². The van der Waals surface area contributed by atoms with Gasteiger partial charge in [-0.05, 0) is 25.0 Å². The van der Waals surface area contributed by atoms with Crippen molar-refractivity contribution >= 4 is 6.03 Å². The maximum absolute atomic E-state index is 13.6. The lowest BCUT2D eigenvalue weighted by Crippen LogP contribution is -2.44. The van der Waals surface area contributed by atoms with E-state index in [9.17, 15) is 9.18 Å². The Morgan fingerprint density at radius 3 is 2.87 bits per heavy atom. The zero-order chi connectivity index (χ0) is 16.7. The fourth-order valence-corrected chi connectivity index (χ4v) is 2.43. The highest BCUT2D eigenvalue weighted by atomic mass is 19.1. The molecule has 0 aliphatic heterocycles. The number of nitrogens with one attached hydrogen (secondary N) is 2. The number of ether oxygens (including phenoxy) is 1. The number of carbonyl (C=O) groups is 1. The first kappa shape index (κ1) is 17.3. The first-order chi connectivity index (χ1) is 11.1. The molecule has 126 valence electrons. The van der Waals surface area contributed by atoms with Gasteiger partial charge in [-0.3, -0.25) is 0 Å². The maximum atomic E-state index is 13.6. The average molecular weight is 322 g/mol. The van der Waals surface area contributed by atoms with E-state index in [2.05, 4.69) is 10.6 Å². The molecule has 1 aliphatic rings. The minimum absolute atomic E-state index is 0.0697. The highest BCUT2D eigenvalue weighted by molar-refractivity contribution is 5.74. The van der Waals surface area contributed by atoms with Crippen LogP contribution in [0.4, 0.5) is 9.18 Å². The van der Waals surface area contributed by atoms with Crippen LogP contribution in [0.5, 0.6) is 5.75 Å². The van der Waals surface area contributed by atoms with Crippen molar-refractivity contribution in [3.63, 3.8) is 0 Å². The summed E-state index contributed by atoms with van der Waals surface area (Å²) >= 11 is 0. The van der Waals surface area contributed by atoms with Gasteiger partial charge in [0.2, 0.25) is 0 Å². The molecule has 0 spiro atoms. The van der Waals surface area contributed by atoms with E-state index in [-0.39, 0.29) is 43.0 Å². The molecule has 0 heterocycles. The van der Waals surface area contributed by atoms with Crippen LogP contribution in [-0.4, -0.2) is 36.4 Å². The van der Waals surface area contributed by atoms with Crippen molar-refractivity contribution in [3.05, 3.63) is 42.2 Å². The standard InChI is InChI=1S/C17H23FN2O3/c1-2-14(23-16-6-4-3-5-15(16)18)10-19-17(22)20-13-8-7-12(9-13)11-21/h3-8,12-14,21H,2,9-11H2,1H3,(H2,19,20,22)/t12-,13+,14?/m0/s1. The Kier molecular flexibility index (Phi) is 6.40. The first-order valence-electron chi connectivity index (χ1n) is 7.87. The molecule has 0 saturated carbocycles. The molecule has 0 aromatic heterocycles. The van der Waals surface area contributed by atoms with E-state index >= 15 is 0 Å². The second-order valence-electron chi connectivity index (χ2n) is 5.60. The van der Waals surface area contributed by atoms with Crippen molar-refractivity contribution < 1.29 is 19.0 Å². The highest BCUT2D eigenvalue weighted by Gasteiger charge is 2.20. The van der Waals surface area contributed by atoms with Crippen LogP contribution in [0.15, 0.2) is 36.4 Å². The number of aliphatic hydroxyl groups excluding tert-OH is 1. The van der Waals surface area contributed by atoms with Crippen molar-refractivity contribution in [3.8, 4) is 5.75 Å². The van der Waals surface area contributed by atoms with E-state index < -0.39 is 5.82 Å². The smallest absolute Gasteiger partial charge is 0.315 e. The molecule has 1 aliphatic carbocycles. The van der Waals surface area contributed by atoms with Gasteiger partial charge in [0.15, 0.2) is 11.6 Å². The van der Waals surface area contributed by atoms with Gasteiger partial charge in [-0.1, -0.05) is 31.2 Å². The molecule has 0 radical (unpaired) electrons. The fraction of sp³-hybridized carbons (Fsp3) is 0.471. The fourth-order valence-electron chi connectivity index (χ4n) is 2.43. The van der Waals surface area contributed by atoms with Gasteiger partial charge in [0, 0.05) is 18.6 Å². The number of benzene rings is 1. The van der Waals surface area contributed by atoms with Crippen LogP contribution < -0.4 is 15.4 Å². The zero-order valence-corrected chi connectivity index (χ0v) is 13.2. The minimum atomic E-state index is -0.415. The summed E-state index contributed by atoms with van der Waals surface area (Å²) in [5.41, 5.74) is 0. The number of urea groups is 1. The molecule has 1 aromatic rings. The molecule has 1 unspecified atom stereocenters. The normalized spacial score (nSPS) is 21.0. The van der Waals surface area contributed by atoms with Crippen molar-refractivity contribution in [2.24, 2.45) is 5.92 Å². The monoisotopic (exact) mass is 322 g/mol. The summed E-state index contributed by atoms with van der Waals surface area (Å²) in [5, 5.41) is 14.6. The summed E-state index contributed by atoms with van der Waals surface area (Å²) in [6, 6.07) is 5.84. The number of halogens is 1. The number of aliphatic hydroxyl groups is 1. The largest absolute Gasteiger partial charge is 0.486 e. The zero-order valence-electron chi connectivity index (χ0n) is 13.2. The highest BCUT2D eigenvalue weighted by Crippen LogP contribution is 2.18. The van der Waals surface area contributed by atoms with Crippen molar-refractivity contribution in [1.29, 1.82) is 0 Å². The third kappa shape index (κ3) is 5.25. The summed E-state index contributed by atoms with van der Waals surface area (Å²) in [6.45, 7) is 2.29. The van der Waals surface area contributed by atoms with Gasteiger partial charge in [0.05, 0.1) is 6.54 Å². The van der Waals surface area contributed by atoms with Crippen molar-refractivity contribution in [2.45, 2.75) is 31.9 Å². The molecule has 0 fully saturated rings. The Labute approximate surface area is 135 Å². The van der Waals surface area contributed by atoms with Crippen LogP contribution in [0.2, 0.25) is 0 Å². The van der Waals surface area contributed by atoms with Crippen LogP contribution in [0.1, 0.15) is 19.8 Å². The van der Waals surface area contributed by atoms with Crippen molar-refractivity contribution in [1.82, 2.24) is 10.6 Å². The van der Waals surface area contributed by atoms with Gasteiger partial charge in [0.1, 0.15) is 6.10 Å². The average Bonchev–Trinajstić information content (AvgIpc) is 3.00. The van der Waals surface area contributed by atoms with Crippen LogP contribution in [-0.2, 0) is 0 Å². The van der Waals surface area contributed by atoms with Gasteiger partial charge in [-0.25, -0.2) is 9.18 Å². The van der Waals surface area contributed by atoms with E-state index in [1.807, 2.05) is 19.1 Å². The Balaban J connectivity index is 1.76. The maximum Gasteiger partial charge on any atom is 0.315 e. The third-order valence-electron chi connectivity index (χ3n) is 3.80. The quantitative estimate of drug-likeness (QED) is 0.674. The number of hydrogen-bond acceptors (Lipinski definition) is 3. The van der Waals surface area contributed by atoms with Crippen LogP contribution >= 0.6 is 0 Å². The van der Waals surface area contributed by atoms with E-state index in [4.69, 9.17) is 9.84 Å². The van der Waals surface area contributed by atoms with Crippen molar-refractivity contribution in [2.75, 3.05) is 13.2 Å². The molecule has 2 rings (SSSR count). The molecule has 2 amide bonds. The predicted molar refractivity (Wildman–Crippen MR) is 85.8 cm³/mol. The predicted octanol–water partition coefficient (Wildman–Crippen LogP) is 2.22. The third-order valence-corrected chi connectivity index (χ3v) is 3.80. The second-order valence-corrected chi connectivity index (χ2v) is 5.60. The van der Waals surface area contributed by atoms with E-state index in [1.165, 1.54) is 6.07 Å². The van der Waals surface area contributed by atoms with Gasteiger partial charge in [-0.2, -0.15) is 0 Å². The van der Waals surface area contributed by atoms with Crippen LogP contribution in [0.3, 0.4) is 0 Å². The van der Waals surface area contributed by atoms with E-state index in [0.717, 1.165) is 0 Å². The number of carbonyl (C=O) groups excluding carboxylic acids is 1. The summed E-state index contributed by atoms with van der Waals surface area (Å²) in [4.78, 5) is 11.9. The van der Waals surface area contributed by atoms with Gasteiger partial charge >= 0.3 is 6.03 Å². The molecular formula is C17H23FN2O3. The number of rotatable bonds is 7. The van der Waals surface area contributed by atoms with E-state index in [1.54, 1.807) is 18.2 Å². The summed E-state index contributed by atoms with van der Waals surface area (Å²) in [6.07, 6.45) is 4.83. The number of hydrogen-bond donors (Lipinski definition) is 3. The van der Waals surface area contributed by atoms with Gasteiger partial charge in [0.25, 0.3) is 0 Å². The Morgan fingerprint density at radius 1 is 1.43 bits per heavy atom. The molecule has 6 heteroatoms. The molecular weight excluding hydrogens is 299 g/mol.